The molecule has 0 bridgehead atoms. The van der Waals surface area contributed by atoms with Gasteiger partial charge in [0.25, 0.3) is 11.8 Å². The molecule has 1 aliphatic rings. The lowest BCUT2D eigenvalue weighted by Gasteiger charge is -2.16. The van der Waals surface area contributed by atoms with E-state index in [1.165, 1.54) is 25.7 Å². The van der Waals surface area contributed by atoms with Crippen molar-refractivity contribution in [1.29, 1.82) is 0 Å². The molecule has 1 aliphatic carbocycles. The van der Waals surface area contributed by atoms with E-state index in [0.29, 0.717) is 29.5 Å². The van der Waals surface area contributed by atoms with Crippen molar-refractivity contribution in [2.75, 3.05) is 0 Å². The number of nitrogens with one attached hydrogen (secondary N) is 1. The first-order valence-electron chi connectivity index (χ1n) is 10.3. The molecule has 1 fully saturated rings. The molecule has 3 aromatic heterocycles. The average Bonchev–Trinajstić information content (AvgIpc) is 3.29. The third-order valence-electron chi connectivity index (χ3n) is 5.44. The maximum Gasteiger partial charge on any atom is 0.259 e. The predicted octanol–water partition coefficient (Wildman–Crippen LogP) is 3.64. The summed E-state index contributed by atoms with van der Waals surface area (Å²) in [6.07, 6.45) is 11.0. The summed E-state index contributed by atoms with van der Waals surface area (Å²) < 4.78 is 6.93. The molecule has 4 rings (SSSR count). The maximum atomic E-state index is 12.7. The Bertz CT molecular complexity index is 967. The molecule has 0 atom stereocenters. The minimum absolute atomic E-state index is 0.0600. The van der Waals surface area contributed by atoms with Crippen LogP contribution >= 0.6 is 0 Å². The Labute approximate surface area is 169 Å². The topological polar surface area (TPSA) is 98.7 Å². The summed E-state index contributed by atoms with van der Waals surface area (Å²) in [7, 11) is 0. The standard InChI is InChI=1S/C21H26N6O2/c1-3-18-25-21(29-26-18)15-10-11-19(22-12-15)27-14(2)17(13-23-27)20(28)24-16-8-6-4-5-7-9-16/h10-13,16H,3-9H2,1-2H3,(H,24,28). The van der Waals surface area contributed by atoms with Crippen molar-refractivity contribution in [2.45, 2.75) is 64.8 Å². The van der Waals surface area contributed by atoms with E-state index in [4.69, 9.17) is 4.52 Å². The number of carbonyl (C=O) groups excluding carboxylic acids is 1. The zero-order valence-corrected chi connectivity index (χ0v) is 16.9. The molecule has 8 heteroatoms. The van der Waals surface area contributed by atoms with Crippen LogP contribution < -0.4 is 5.32 Å². The number of rotatable bonds is 5. The molecule has 0 unspecified atom stereocenters. The quantitative estimate of drug-likeness (QED) is 0.663. The number of pyridine rings is 1. The minimum atomic E-state index is -0.0600. The second kappa shape index (κ2) is 8.55. The van der Waals surface area contributed by atoms with E-state index in [1.54, 1.807) is 17.1 Å². The zero-order chi connectivity index (χ0) is 20.2. The van der Waals surface area contributed by atoms with Gasteiger partial charge in [0.1, 0.15) is 0 Å². The first-order valence-corrected chi connectivity index (χ1v) is 10.3. The first-order chi connectivity index (χ1) is 14.2. The van der Waals surface area contributed by atoms with E-state index in [-0.39, 0.29) is 11.9 Å². The molecule has 0 aromatic carbocycles. The molecule has 0 aliphatic heterocycles. The van der Waals surface area contributed by atoms with Gasteiger partial charge >= 0.3 is 0 Å². The monoisotopic (exact) mass is 394 g/mol. The molecule has 3 heterocycles. The SMILES string of the molecule is CCc1noc(-c2ccc(-n3ncc(C(=O)NC4CCCCCC4)c3C)nc2)n1. The van der Waals surface area contributed by atoms with Crippen LogP contribution in [0.4, 0.5) is 0 Å². The van der Waals surface area contributed by atoms with Crippen LogP contribution in [0.2, 0.25) is 0 Å². The van der Waals surface area contributed by atoms with Crippen LogP contribution in [-0.2, 0) is 6.42 Å². The van der Waals surface area contributed by atoms with Gasteiger partial charge in [0.05, 0.1) is 23.0 Å². The second-order valence-electron chi connectivity index (χ2n) is 7.49. The van der Waals surface area contributed by atoms with Gasteiger partial charge in [-0.1, -0.05) is 37.8 Å². The Morgan fingerprint density at radius 3 is 2.66 bits per heavy atom. The zero-order valence-electron chi connectivity index (χ0n) is 16.9. The summed E-state index contributed by atoms with van der Waals surface area (Å²) in [4.78, 5) is 21.5. The van der Waals surface area contributed by atoms with Crippen molar-refractivity contribution in [1.82, 2.24) is 30.2 Å². The molecule has 0 spiro atoms. The Morgan fingerprint density at radius 2 is 2.00 bits per heavy atom. The number of hydrogen-bond acceptors (Lipinski definition) is 6. The minimum Gasteiger partial charge on any atom is -0.349 e. The number of amides is 1. The fourth-order valence-electron chi connectivity index (χ4n) is 3.70. The molecule has 1 amide bonds. The highest BCUT2D eigenvalue weighted by Crippen LogP contribution is 2.20. The second-order valence-corrected chi connectivity index (χ2v) is 7.49. The molecule has 0 radical (unpaired) electrons. The van der Waals surface area contributed by atoms with Crippen LogP contribution in [0, 0.1) is 6.92 Å². The summed E-state index contributed by atoms with van der Waals surface area (Å²) >= 11 is 0. The van der Waals surface area contributed by atoms with Crippen LogP contribution in [0.1, 0.15) is 67.3 Å². The van der Waals surface area contributed by atoms with Crippen molar-refractivity contribution >= 4 is 5.91 Å². The van der Waals surface area contributed by atoms with E-state index < -0.39 is 0 Å². The lowest BCUT2D eigenvalue weighted by Crippen LogP contribution is -2.34. The smallest absolute Gasteiger partial charge is 0.259 e. The Kier molecular flexibility index (Phi) is 5.69. The highest BCUT2D eigenvalue weighted by Gasteiger charge is 2.20. The molecule has 1 N–H and O–H groups in total. The molecular weight excluding hydrogens is 368 g/mol. The van der Waals surface area contributed by atoms with Crippen molar-refractivity contribution in [3.63, 3.8) is 0 Å². The summed E-state index contributed by atoms with van der Waals surface area (Å²) in [6.45, 7) is 3.86. The van der Waals surface area contributed by atoms with Crippen LogP contribution in [0.15, 0.2) is 29.0 Å². The Morgan fingerprint density at radius 1 is 1.21 bits per heavy atom. The van der Waals surface area contributed by atoms with Gasteiger partial charge in [-0.05, 0) is 31.9 Å². The Balaban J connectivity index is 1.49. The molecular formula is C21H26N6O2. The fourth-order valence-corrected chi connectivity index (χ4v) is 3.70. The largest absolute Gasteiger partial charge is 0.349 e. The van der Waals surface area contributed by atoms with Crippen LogP contribution in [0.25, 0.3) is 17.3 Å². The van der Waals surface area contributed by atoms with Gasteiger partial charge in [0.2, 0.25) is 0 Å². The number of hydrogen-bond donors (Lipinski definition) is 1. The highest BCUT2D eigenvalue weighted by molar-refractivity contribution is 5.95. The normalized spacial score (nSPS) is 15.2. The van der Waals surface area contributed by atoms with E-state index in [0.717, 1.165) is 24.1 Å². The van der Waals surface area contributed by atoms with E-state index in [1.807, 2.05) is 26.0 Å². The summed E-state index contributed by atoms with van der Waals surface area (Å²) in [6, 6.07) is 3.95. The van der Waals surface area contributed by atoms with E-state index in [9.17, 15) is 4.79 Å². The summed E-state index contributed by atoms with van der Waals surface area (Å²) in [5.41, 5.74) is 2.10. The van der Waals surface area contributed by atoms with Crippen molar-refractivity contribution in [3.8, 4) is 17.3 Å². The summed E-state index contributed by atoms with van der Waals surface area (Å²) in [5, 5.41) is 11.5. The maximum absolute atomic E-state index is 12.7. The van der Waals surface area contributed by atoms with Gasteiger partial charge in [-0.15, -0.1) is 0 Å². The Hall–Kier alpha value is -3.03. The highest BCUT2D eigenvalue weighted by atomic mass is 16.5. The first kappa shape index (κ1) is 19.3. The molecule has 3 aromatic rings. The third-order valence-corrected chi connectivity index (χ3v) is 5.44. The number of nitrogens with zero attached hydrogens (tertiary/aromatic N) is 5. The molecule has 152 valence electrons. The molecule has 29 heavy (non-hydrogen) atoms. The van der Waals surface area contributed by atoms with Gasteiger partial charge in [0, 0.05) is 18.7 Å². The van der Waals surface area contributed by atoms with Crippen LogP contribution in [-0.4, -0.2) is 36.9 Å². The molecule has 1 saturated carbocycles. The van der Waals surface area contributed by atoms with Gasteiger partial charge in [-0.25, -0.2) is 9.67 Å². The fraction of sp³-hybridized carbons (Fsp3) is 0.476. The number of carbonyl (C=O) groups is 1. The van der Waals surface area contributed by atoms with Crippen molar-refractivity contribution in [2.24, 2.45) is 0 Å². The van der Waals surface area contributed by atoms with Crippen LogP contribution in [0.3, 0.4) is 0 Å². The third kappa shape index (κ3) is 4.21. The van der Waals surface area contributed by atoms with E-state index >= 15 is 0 Å². The van der Waals surface area contributed by atoms with Gasteiger partial charge < -0.3 is 9.84 Å². The van der Waals surface area contributed by atoms with E-state index in [2.05, 4.69) is 25.5 Å². The van der Waals surface area contributed by atoms with Gasteiger partial charge in [-0.2, -0.15) is 10.1 Å². The van der Waals surface area contributed by atoms with Gasteiger partial charge in [-0.3, -0.25) is 4.79 Å². The van der Waals surface area contributed by atoms with Crippen molar-refractivity contribution < 1.29 is 9.32 Å². The number of aryl methyl sites for hydroxylation is 1. The van der Waals surface area contributed by atoms with Crippen molar-refractivity contribution in [3.05, 3.63) is 41.6 Å². The summed E-state index contributed by atoms with van der Waals surface area (Å²) in [5.74, 6) is 1.68. The predicted molar refractivity (Wildman–Crippen MR) is 108 cm³/mol. The molecule has 8 nitrogen and oxygen atoms in total. The van der Waals surface area contributed by atoms with Gasteiger partial charge in [0.15, 0.2) is 11.6 Å². The number of aromatic nitrogens is 5. The molecule has 0 saturated heterocycles. The lowest BCUT2D eigenvalue weighted by atomic mass is 10.1. The van der Waals surface area contributed by atoms with Crippen LogP contribution in [0.5, 0.6) is 0 Å². The lowest BCUT2D eigenvalue weighted by molar-refractivity contribution is 0.0932. The average molecular weight is 394 g/mol.